The van der Waals surface area contributed by atoms with Gasteiger partial charge in [-0.2, -0.15) is 0 Å². The molecule has 3 unspecified atom stereocenters. The van der Waals surface area contributed by atoms with E-state index in [0.717, 1.165) is 12.8 Å². The van der Waals surface area contributed by atoms with Crippen molar-refractivity contribution in [2.24, 2.45) is 23.0 Å². The second kappa shape index (κ2) is 7.25. The highest BCUT2D eigenvalue weighted by atomic mass is 16.4. The van der Waals surface area contributed by atoms with Crippen molar-refractivity contribution in [3.05, 3.63) is 0 Å². The van der Waals surface area contributed by atoms with Crippen molar-refractivity contribution < 1.29 is 14.7 Å². The molecule has 21 heavy (non-hydrogen) atoms. The quantitative estimate of drug-likeness (QED) is 0.814. The minimum atomic E-state index is -0.895. The molecule has 1 saturated heterocycles. The van der Waals surface area contributed by atoms with Crippen LogP contribution >= 0.6 is 0 Å². The van der Waals surface area contributed by atoms with E-state index in [-0.39, 0.29) is 23.8 Å². The van der Waals surface area contributed by atoms with Gasteiger partial charge in [0.15, 0.2) is 0 Å². The molecule has 0 aromatic carbocycles. The summed E-state index contributed by atoms with van der Waals surface area (Å²) < 4.78 is 0. The van der Waals surface area contributed by atoms with Crippen LogP contribution in [0.15, 0.2) is 0 Å². The number of aliphatic carboxylic acids is 1. The molecule has 0 aliphatic carbocycles. The maximum Gasteiger partial charge on any atom is 0.326 e. The first-order chi connectivity index (χ1) is 9.69. The Bertz CT molecular complexity index is 376. The third-order valence-corrected chi connectivity index (χ3v) is 4.35. The molecule has 0 spiro atoms. The van der Waals surface area contributed by atoms with E-state index >= 15 is 0 Å². The lowest BCUT2D eigenvalue weighted by atomic mass is 9.82. The molecule has 0 radical (unpaired) electrons. The molecule has 1 fully saturated rings. The number of nitrogens with two attached hydrogens (primary N) is 1. The zero-order valence-corrected chi connectivity index (χ0v) is 13.8. The fourth-order valence-corrected chi connectivity index (χ4v) is 3.15. The summed E-state index contributed by atoms with van der Waals surface area (Å²) in [5.41, 5.74) is 5.77. The van der Waals surface area contributed by atoms with Gasteiger partial charge in [-0.1, -0.05) is 34.1 Å². The molecular weight excluding hydrogens is 268 g/mol. The van der Waals surface area contributed by atoms with Crippen molar-refractivity contribution in [2.45, 2.75) is 59.4 Å². The van der Waals surface area contributed by atoms with Gasteiger partial charge in [-0.15, -0.1) is 0 Å². The molecule has 122 valence electrons. The second-order valence-electron chi connectivity index (χ2n) is 7.38. The number of nitrogens with zero attached hydrogens (tertiary/aromatic N) is 1. The summed E-state index contributed by atoms with van der Waals surface area (Å²) in [7, 11) is 0. The van der Waals surface area contributed by atoms with Crippen LogP contribution in [0.5, 0.6) is 0 Å². The molecule has 0 bridgehead atoms. The second-order valence-corrected chi connectivity index (χ2v) is 7.38. The largest absolute Gasteiger partial charge is 0.480 e. The summed E-state index contributed by atoms with van der Waals surface area (Å²) in [6.07, 6.45) is 3.10. The van der Waals surface area contributed by atoms with Crippen LogP contribution in [0.2, 0.25) is 0 Å². The number of rotatable bonds is 5. The average Bonchev–Trinajstić information content (AvgIpc) is 2.42. The van der Waals surface area contributed by atoms with Crippen molar-refractivity contribution in [3.63, 3.8) is 0 Å². The summed E-state index contributed by atoms with van der Waals surface area (Å²) in [6, 6.07) is -0.690. The Morgan fingerprint density at radius 3 is 2.43 bits per heavy atom. The third kappa shape index (κ3) is 4.99. The van der Waals surface area contributed by atoms with Gasteiger partial charge in [-0.25, -0.2) is 4.79 Å². The van der Waals surface area contributed by atoms with Gasteiger partial charge in [0.05, 0.1) is 5.92 Å². The third-order valence-electron chi connectivity index (χ3n) is 4.35. The Labute approximate surface area is 127 Å². The summed E-state index contributed by atoms with van der Waals surface area (Å²) in [5.74, 6) is -0.874. The van der Waals surface area contributed by atoms with Crippen LogP contribution in [0.3, 0.4) is 0 Å². The molecule has 5 nitrogen and oxygen atoms in total. The van der Waals surface area contributed by atoms with Crippen LogP contribution in [0.1, 0.15) is 53.4 Å². The lowest BCUT2D eigenvalue weighted by Gasteiger charge is -2.39. The Morgan fingerprint density at radius 1 is 1.38 bits per heavy atom. The molecule has 1 aliphatic rings. The monoisotopic (exact) mass is 298 g/mol. The minimum absolute atomic E-state index is 0.000156. The summed E-state index contributed by atoms with van der Waals surface area (Å²) in [6.45, 7) is 9.09. The first kappa shape index (κ1) is 18.0. The minimum Gasteiger partial charge on any atom is -0.480 e. The molecule has 1 rings (SSSR count). The Morgan fingerprint density at radius 2 is 2.00 bits per heavy atom. The van der Waals surface area contributed by atoms with E-state index in [4.69, 9.17) is 5.73 Å². The summed E-state index contributed by atoms with van der Waals surface area (Å²) >= 11 is 0. The molecule has 5 heteroatoms. The van der Waals surface area contributed by atoms with Crippen molar-refractivity contribution in [1.29, 1.82) is 0 Å². The highest BCUT2D eigenvalue weighted by Crippen LogP contribution is 2.30. The van der Waals surface area contributed by atoms with Gasteiger partial charge in [0.1, 0.15) is 6.04 Å². The van der Waals surface area contributed by atoms with Crippen molar-refractivity contribution in [3.8, 4) is 0 Å². The van der Waals surface area contributed by atoms with Gasteiger partial charge >= 0.3 is 5.97 Å². The van der Waals surface area contributed by atoms with Crippen LogP contribution in [-0.2, 0) is 9.59 Å². The zero-order valence-electron chi connectivity index (χ0n) is 13.8. The first-order valence-corrected chi connectivity index (χ1v) is 7.93. The van der Waals surface area contributed by atoms with E-state index in [9.17, 15) is 14.7 Å². The molecule has 1 aliphatic heterocycles. The van der Waals surface area contributed by atoms with Gasteiger partial charge < -0.3 is 15.7 Å². The lowest BCUT2D eigenvalue weighted by Crippen LogP contribution is -2.53. The highest BCUT2D eigenvalue weighted by Gasteiger charge is 2.38. The van der Waals surface area contributed by atoms with Crippen LogP contribution in [0.25, 0.3) is 0 Å². The first-order valence-electron chi connectivity index (χ1n) is 7.93. The fraction of sp³-hybridized carbons (Fsp3) is 0.875. The van der Waals surface area contributed by atoms with Gasteiger partial charge in [0.2, 0.25) is 5.91 Å². The van der Waals surface area contributed by atoms with E-state index in [1.807, 2.05) is 0 Å². The molecule has 0 aromatic rings. The highest BCUT2D eigenvalue weighted by molar-refractivity contribution is 5.85. The maximum absolute atomic E-state index is 12.7. The van der Waals surface area contributed by atoms with Crippen molar-refractivity contribution >= 4 is 11.9 Å². The Balaban J connectivity index is 2.84. The zero-order chi connectivity index (χ0) is 16.2. The lowest BCUT2D eigenvalue weighted by molar-refractivity contribution is -0.155. The number of carboxylic acids is 1. The molecule has 1 amide bonds. The number of carbonyl (C=O) groups excluding carboxylic acids is 1. The Kier molecular flexibility index (Phi) is 6.20. The molecular formula is C16H30N2O3. The number of carbonyl (C=O) groups is 2. The van der Waals surface area contributed by atoms with E-state index in [2.05, 4.69) is 27.7 Å². The van der Waals surface area contributed by atoms with E-state index < -0.39 is 12.0 Å². The number of hydrogen-bond acceptors (Lipinski definition) is 3. The number of piperidine rings is 1. The van der Waals surface area contributed by atoms with Crippen LogP contribution in [0, 0.1) is 17.3 Å². The van der Waals surface area contributed by atoms with Crippen LogP contribution < -0.4 is 5.73 Å². The molecule has 0 aromatic heterocycles. The summed E-state index contributed by atoms with van der Waals surface area (Å²) in [4.78, 5) is 25.8. The Hall–Kier alpha value is -1.10. The topological polar surface area (TPSA) is 83.6 Å². The number of carboxylic acid groups (broad SMARTS) is 1. The number of likely N-dealkylation sites (tertiary alicyclic amines) is 1. The van der Waals surface area contributed by atoms with Gasteiger partial charge in [-0.05, 0) is 30.6 Å². The number of amides is 1. The van der Waals surface area contributed by atoms with E-state index in [0.29, 0.717) is 25.3 Å². The van der Waals surface area contributed by atoms with Crippen molar-refractivity contribution in [2.75, 3.05) is 13.1 Å². The van der Waals surface area contributed by atoms with Crippen molar-refractivity contribution in [1.82, 2.24) is 4.90 Å². The van der Waals surface area contributed by atoms with E-state index in [1.165, 1.54) is 0 Å². The van der Waals surface area contributed by atoms with Gasteiger partial charge in [0.25, 0.3) is 0 Å². The SMILES string of the molecule is CCC1CCN(C(=O)C(CN)CC(C)(C)C)C(C(=O)O)C1. The standard InChI is InChI=1S/C16H30N2O3/c1-5-11-6-7-18(13(8-11)15(20)21)14(19)12(10-17)9-16(2,3)4/h11-13H,5-10,17H2,1-4H3,(H,20,21). The molecule has 1 heterocycles. The predicted molar refractivity (Wildman–Crippen MR) is 82.8 cm³/mol. The molecule has 3 N–H and O–H groups in total. The number of hydrogen-bond donors (Lipinski definition) is 2. The predicted octanol–water partition coefficient (Wildman–Crippen LogP) is 2.10. The van der Waals surface area contributed by atoms with Gasteiger partial charge in [0, 0.05) is 13.1 Å². The fourth-order valence-electron chi connectivity index (χ4n) is 3.15. The summed E-state index contributed by atoms with van der Waals surface area (Å²) in [5, 5.41) is 9.43. The maximum atomic E-state index is 12.7. The smallest absolute Gasteiger partial charge is 0.326 e. The molecule has 0 saturated carbocycles. The van der Waals surface area contributed by atoms with E-state index in [1.54, 1.807) is 4.90 Å². The molecule has 3 atom stereocenters. The van der Waals surface area contributed by atoms with Crippen LogP contribution in [0.4, 0.5) is 0 Å². The van der Waals surface area contributed by atoms with Gasteiger partial charge in [-0.3, -0.25) is 4.79 Å². The normalized spacial score (nSPS) is 24.7. The average molecular weight is 298 g/mol. The van der Waals surface area contributed by atoms with Crippen LogP contribution in [-0.4, -0.2) is 41.0 Å².